The molecule has 0 bridgehead atoms. The van der Waals surface area contributed by atoms with E-state index < -0.39 is 22.9 Å². The lowest BCUT2D eigenvalue weighted by atomic mass is 9.87. The van der Waals surface area contributed by atoms with E-state index in [1.807, 2.05) is 33.4 Å². The van der Waals surface area contributed by atoms with E-state index in [-0.39, 0.29) is 42.3 Å². The Balaban J connectivity index is 1.64. The lowest BCUT2D eigenvalue weighted by Gasteiger charge is -2.38. The van der Waals surface area contributed by atoms with Crippen LogP contribution in [0.3, 0.4) is 0 Å². The van der Waals surface area contributed by atoms with Crippen LogP contribution in [0.1, 0.15) is 36.5 Å². The zero-order chi connectivity index (χ0) is 24.9. The molecule has 1 fully saturated rings. The van der Waals surface area contributed by atoms with Gasteiger partial charge in [-0.3, -0.25) is 4.79 Å². The van der Waals surface area contributed by atoms with Crippen LogP contribution < -0.4 is 10.5 Å². The highest BCUT2D eigenvalue weighted by Crippen LogP contribution is 2.45. The first-order valence-electron chi connectivity index (χ1n) is 11.2. The molecule has 10 heteroatoms. The molecule has 1 aromatic heterocycles. The SMILES string of the molecule is CC[C@@]1(O)C(=O)OCc2c1ccn(CC1=C(I)C(=C=O)c3cc(F)ccc3N1C1CCOC1)c2=O. The van der Waals surface area contributed by atoms with Crippen molar-refractivity contribution in [1.82, 2.24) is 4.57 Å². The Hall–Kier alpha value is -2.79. The van der Waals surface area contributed by atoms with Gasteiger partial charge in [0.25, 0.3) is 5.56 Å². The van der Waals surface area contributed by atoms with Crippen LogP contribution in [0, 0.1) is 5.82 Å². The van der Waals surface area contributed by atoms with E-state index in [0.717, 1.165) is 6.42 Å². The number of aromatic nitrogens is 1. The Morgan fingerprint density at radius 2 is 2.11 bits per heavy atom. The summed E-state index contributed by atoms with van der Waals surface area (Å²) in [5.74, 6) is 0.716. The van der Waals surface area contributed by atoms with E-state index in [4.69, 9.17) is 9.47 Å². The summed E-state index contributed by atoms with van der Waals surface area (Å²) in [6.07, 6.45) is 2.33. The topological polar surface area (TPSA) is 98.1 Å². The van der Waals surface area contributed by atoms with Crippen LogP contribution >= 0.6 is 22.6 Å². The monoisotopic (exact) mass is 592 g/mol. The highest BCUT2D eigenvalue weighted by molar-refractivity contribution is 14.1. The number of aliphatic hydroxyl groups is 1. The predicted molar refractivity (Wildman–Crippen MR) is 133 cm³/mol. The average molecular weight is 592 g/mol. The van der Waals surface area contributed by atoms with Crippen LogP contribution in [-0.2, 0) is 37.8 Å². The van der Waals surface area contributed by atoms with Crippen molar-refractivity contribution in [2.24, 2.45) is 0 Å². The normalized spacial score (nSPS) is 23.7. The van der Waals surface area contributed by atoms with Crippen LogP contribution in [0.15, 0.2) is 44.5 Å². The number of benzene rings is 1. The second kappa shape index (κ2) is 9.02. The predicted octanol–water partition coefficient (Wildman–Crippen LogP) is 2.81. The lowest BCUT2D eigenvalue weighted by molar-refractivity contribution is -0.172. The van der Waals surface area contributed by atoms with E-state index in [0.29, 0.717) is 33.7 Å². The van der Waals surface area contributed by atoms with Gasteiger partial charge in [-0.05, 0) is 59.7 Å². The Labute approximate surface area is 213 Å². The molecule has 0 amide bonds. The number of anilines is 1. The van der Waals surface area contributed by atoms with Crippen LogP contribution in [0.25, 0.3) is 5.57 Å². The van der Waals surface area contributed by atoms with Gasteiger partial charge in [-0.25, -0.2) is 14.0 Å². The summed E-state index contributed by atoms with van der Waals surface area (Å²) in [6, 6.07) is 5.79. The second-order valence-corrected chi connectivity index (χ2v) is 9.80. The molecule has 182 valence electrons. The molecule has 0 aliphatic carbocycles. The molecule has 8 nitrogen and oxygen atoms in total. The Morgan fingerprint density at radius 3 is 2.80 bits per heavy atom. The molecular formula is C25H22FIN2O6. The summed E-state index contributed by atoms with van der Waals surface area (Å²) < 4.78 is 26.9. The van der Waals surface area contributed by atoms with Crippen molar-refractivity contribution in [3.8, 4) is 0 Å². The molecular weight excluding hydrogens is 570 g/mol. The summed E-state index contributed by atoms with van der Waals surface area (Å²) in [5, 5.41) is 10.8. The maximum absolute atomic E-state index is 14.1. The van der Waals surface area contributed by atoms with Gasteiger partial charge in [0.15, 0.2) is 5.60 Å². The van der Waals surface area contributed by atoms with Crippen molar-refractivity contribution < 1.29 is 28.6 Å². The fourth-order valence-corrected chi connectivity index (χ4v) is 5.79. The number of ether oxygens (including phenoxy) is 2. The van der Waals surface area contributed by atoms with Gasteiger partial charge in [0, 0.05) is 23.9 Å². The number of carbonyl (C=O) groups is 1. The number of allylic oxidation sites excluding steroid dienone is 3. The lowest BCUT2D eigenvalue weighted by Crippen LogP contribution is -2.45. The third kappa shape index (κ3) is 3.76. The summed E-state index contributed by atoms with van der Waals surface area (Å²) in [4.78, 5) is 39.6. The summed E-state index contributed by atoms with van der Waals surface area (Å²) in [5.41, 5.74) is 0.196. The van der Waals surface area contributed by atoms with Gasteiger partial charge in [-0.15, -0.1) is 0 Å². The van der Waals surface area contributed by atoms with Crippen LogP contribution in [0.4, 0.5) is 10.1 Å². The minimum absolute atomic E-state index is 0.0633. The summed E-state index contributed by atoms with van der Waals surface area (Å²) in [6.45, 7) is 2.53. The molecule has 3 aliphatic rings. The summed E-state index contributed by atoms with van der Waals surface area (Å²) in [7, 11) is 0. The number of hydrogen-bond donors (Lipinski definition) is 1. The van der Waals surface area contributed by atoms with E-state index in [9.17, 15) is 23.9 Å². The van der Waals surface area contributed by atoms with Crippen molar-refractivity contribution in [3.63, 3.8) is 0 Å². The molecule has 2 aromatic rings. The largest absolute Gasteiger partial charge is 0.458 e. The van der Waals surface area contributed by atoms with E-state index in [1.54, 1.807) is 19.1 Å². The number of carbonyl (C=O) groups excluding carboxylic acids is 2. The van der Waals surface area contributed by atoms with Gasteiger partial charge >= 0.3 is 5.97 Å². The van der Waals surface area contributed by atoms with Gasteiger partial charge in [0.05, 0.1) is 45.3 Å². The number of hydrogen-bond acceptors (Lipinski definition) is 7. The molecule has 2 atom stereocenters. The fraction of sp³-hybridized carbons (Fsp3) is 0.360. The first-order valence-corrected chi connectivity index (χ1v) is 12.3. The molecule has 1 N–H and O–H groups in total. The number of pyridine rings is 1. The molecule has 1 unspecified atom stereocenters. The maximum atomic E-state index is 14.1. The standard InChI is InChI=1S/C25H22FIN2O6/c1-2-25(33)19-5-7-28(23(31)18(19)13-35-24(25)32)10-21-22(27)17(11-30)16-9-14(26)3-4-20(16)29(21)15-6-8-34-12-15/h3-5,7,9,15,33H,2,6,8,10,12-13H2,1H3/t15?,25-/m0/s1. The summed E-state index contributed by atoms with van der Waals surface area (Å²) >= 11 is 2.04. The van der Waals surface area contributed by atoms with Crippen molar-refractivity contribution in [1.29, 1.82) is 0 Å². The molecule has 1 aromatic carbocycles. The molecule has 35 heavy (non-hydrogen) atoms. The van der Waals surface area contributed by atoms with Gasteiger partial charge in [-0.1, -0.05) is 6.92 Å². The first kappa shape index (κ1) is 23.9. The Bertz CT molecular complexity index is 1370. The van der Waals surface area contributed by atoms with Crippen LogP contribution in [0.5, 0.6) is 0 Å². The van der Waals surface area contributed by atoms with Crippen molar-refractivity contribution >= 4 is 45.8 Å². The van der Waals surface area contributed by atoms with Crippen molar-refractivity contribution in [2.75, 3.05) is 18.1 Å². The van der Waals surface area contributed by atoms with Gasteiger partial charge in [0.1, 0.15) is 18.4 Å². The zero-order valence-electron chi connectivity index (χ0n) is 18.8. The number of nitrogens with zero attached hydrogens (tertiary/aromatic N) is 2. The molecule has 1 saturated heterocycles. The van der Waals surface area contributed by atoms with Gasteiger partial charge in [0.2, 0.25) is 0 Å². The smallest absolute Gasteiger partial charge is 0.343 e. The van der Waals surface area contributed by atoms with Crippen molar-refractivity contribution in [3.05, 3.63) is 72.6 Å². The highest BCUT2D eigenvalue weighted by Gasteiger charge is 2.44. The molecule has 3 aliphatic heterocycles. The molecule has 4 heterocycles. The Morgan fingerprint density at radius 1 is 1.31 bits per heavy atom. The average Bonchev–Trinajstić information content (AvgIpc) is 3.38. The van der Waals surface area contributed by atoms with Gasteiger partial charge < -0.3 is 24.0 Å². The Kier molecular flexibility index (Phi) is 6.16. The highest BCUT2D eigenvalue weighted by atomic mass is 127. The second-order valence-electron chi connectivity index (χ2n) is 8.72. The van der Waals surface area contributed by atoms with E-state index in [1.165, 1.54) is 22.9 Å². The number of cyclic esters (lactones) is 1. The fourth-order valence-electron chi connectivity index (χ4n) is 4.96. The van der Waals surface area contributed by atoms with E-state index in [2.05, 4.69) is 0 Å². The van der Waals surface area contributed by atoms with Crippen LogP contribution in [0.2, 0.25) is 0 Å². The van der Waals surface area contributed by atoms with Crippen molar-refractivity contribution in [2.45, 2.75) is 44.6 Å². The minimum Gasteiger partial charge on any atom is -0.458 e. The minimum atomic E-state index is -1.87. The number of fused-ring (bicyclic) bond motifs is 2. The molecule has 0 saturated carbocycles. The first-order chi connectivity index (χ1) is 16.8. The molecule has 0 radical (unpaired) electrons. The van der Waals surface area contributed by atoms with E-state index >= 15 is 0 Å². The third-order valence-electron chi connectivity index (χ3n) is 6.85. The third-order valence-corrected chi connectivity index (χ3v) is 8.01. The number of rotatable bonds is 4. The number of esters is 1. The zero-order valence-corrected chi connectivity index (χ0v) is 21.0. The number of halogens is 2. The maximum Gasteiger partial charge on any atom is 0.343 e. The van der Waals surface area contributed by atoms with Crippen LogP contribution in [-0.4, -0.2) is 40.8 Å². The molecule has 0 spiro atoms. The molecule has 5 rings (SSSR count). The van der Waals surface area contributed by atoms with Gasteiger partial charge in [-0.2, -0.15) is 0 Å². The quantitative estimate of drug-likeness (QED) is 0.332.